The van der Waals surface area contributed by atoms with Crippen molar-refractivity contribution in [1.29, 1.82) is 0 Å². The molecule has 2 heterocycles. The van der Waals surface area contributed by atoms with Gasteiger partial charge in [0, 0.05) is 34.8 Å². The summed E-state index contributed by atoms with van der Waals surface area (Å²) in [5, 5.41) is 13.4. The van der Waals surface area contributed by atoms with Gasteiger partial charge in [-0.05, 0) is 49.2 Å². The van der Waals surface area contributed by atoms with Crippen LogP contribution in [0.3, 0.4) is 0 Å². The van der Waals surface area contributed by atoms with Gasteiger partial charge in [-0.15, -0.1) is 0 Å². The quantitative estimate of drug-likeness (QED) is 0.175. The first-order valence-electron chi connectivity index (χ1n) is 10.9. The lowest BCUT2D eigenvalue weighted by Gasteiger charge is -2.09. The van der Waals surface area contributed by atoms with Crippen LogP contribution in [0.1, 0.15) is 36.2 Å². The third kappa shape index (κ3) is 4.96. The molecule has 0 bridgehead atoms. The van der Waals surface area contributed by atoms with E-state index in [1.165, 1.54) is 0 Å². The van der Waals surface area contributed by atoms with Crippen LogP contribution in [0.15, 0.2) is 54.6 Å². The lowest BCUT2D eigenvalue weighted by atomic mass is 10.1. The van der Waals surface area contributed by atoms with Crippen molar-refractivity contribution in [3.05, 3.63) is 60.3 Å². The largest absolute Gasteiger partial charge is 0.497 e. The fraction of sp³-hybridized carbons (Fsp3) is 0.240. The van der Waals surface area contributed by atoms with E-state index in [1.54, 1.807) is 12.6 Å². The predicted molar refractivity (Wildman–Crippen MR) is 126 cm³/mol. The topological polar surface area (TPSA) is 116 Å². The summed E-state index contributed by atoms with van der Waals surface area (Å²) in [6, 6.07) is 17.4. The summed E-state index contributed by atoms with van der Waals surface area (Å²) in [4.78, 5) is 32.1. The van der Waals surface area contributed by atoms with Crippen LogP contribution in [0.25, 0.3) is 33.1 Å². The number of rotatable bonds is 9. The minimum Gasteiger partial charge on any atom is -0.497 e. The summed E-state index contributed by atoms with van der Waals surface area (Å²) >= 11 is 0. The van der Waals surface area contributed by atoms with E-state index >= 15 is 0 Å². The molecule has 4 aromatic rings. The van der Waals surface area contributed by atoms with Gasteiger partial charge in [0.25, 0.3) is 5.91 Å². The van der Waals surface area contributed by atoms with E-state index in [2.05, 4.69) is 10.3 Å². The van der Waals surface area contributed by atoms with E-state index in [1.807, 2.05) is 54.6 Å². The third-order valence-corrected chi connectivity index (χ3v) is 5.58. The maximum atomic E-state index is 12.9. The number of pyridine rings is 1. The number of para-hydroxylation sites is 1. The van der Waals surface area contributed by atoms with E-state index in [9.17, 15) is 9.59 Å². The van der Waals surface area contributed by atoms with E-state index in [-0.39, 0.29) is 12.3 Å². The maximum Gasteiger partial charge on any atom is 0.269 e. The highest BCUT2D eigenvalue weighted by Gasteiger charge is 2.17. The van der Waals surface area contributed by atoms with Gasteiger partial charge in [0.2, 0.25) is 5.91 Å². The van der Waals surface area contributed by atoms with Gasteiger partial charge >= 0.3 is 0 Å². The molecule has 0 saturated carbocycles. The zero-order valence-electron chi connectivity index (χ0n) is 18.4. The van der Waals surface area contributed by atoms with Crippen molar-refractivity contribution in [2.45, 2.75) is 25.7 Å². The van der Waals surface area contributed by atoms with E-state index in [4.69, 9.17) is 14.9 Å². The van der Waals surface area contributed by atoms with Gasteiger partial charge in [-0.1, -0.05) is 24.6 Å². The molecule has 2 amide bonds. The van der Waals surface area contributed by atoms with Gasteiger partial charge in [0.1, 0.15) is 11.4 Å². The molecule has 0 aliphatic carbocycles. The monoisotopic (exact) mass is 446 g/mol. The Labute approximate surface area is 190 Å². The van der Waals surface area contributed by atoms with Crippen molar-refractivity contribution in [3.8, 4) is 17.0 Å². The molecule has 0 atom stereocenters. The van der Waals surface area contributed by atoms with Gasteiger partial charge in [-0.2, -0.15) is 0 Å². The second-order valence-electron chi connectivity index (χ2n) is 7.78. The van der Waals surface area contributed by atoms with Gasteiger partial charge in [-0.3, -0.25) is 14.8 Å². The normalized spacial score (nSPS) is 11.0. The Bertz CT molecular complexity index is 1280. The zero-order valence-corrected chi connectivity index (χ0v) is 18.4. The Balaban J connectivity index is 1.59. The summed E-state index contributed by atoms with van der Waals surface area (Å²) in [6.07, 6.45) is 2.39. The molecule has 0 radical (unpaired) electrons. The van der Waals surface area contributed by atoms with Crippen molar-refractivity contribution in [3.63, 3.8) is 0 Å². The summed E-state index contributed by atoms with van der Waals surface area (Å²) < 4.78 is 5.27. The van der Waals surface area contributed by atoms with Crippen LogP contribution in [0.4, 0.5) is 0 Å². The number of methoxy groups -OCH3 is 1. The molecule has 0 unspecified atom stereocenters. The zero-order chi connectivity index (χ0) is 23.2. The highest BCUT2D eigenvalue weighted by molar-refractivity contribution is 6.13. The number of H-pyrrole nitrogens is 1. The van der Waals surface area contributed by atoms with Crippen LogP contribution in [-0.2, 0) is 4.79 Å². The first kappa shape index (κ1) is 22.3. The lowest BCUT2D eigenvalue weighted by Crippen LogP contribution is -2.25. The molecule has 2 aromatic heterocycles. The van der Waals surface area contributed by atoms with E-state index < -0.39 is 5.91 Å². The highest BCUT2D eigenvalue weighted by atomic mass is 16.5. The third-order valence-electron chi connectivity index (χ3n) is 5.58. The fourth-order valence-corrected chi connectivity index (χ4v) is 3.86. The number of aromatic nitrogens is 2. The first-order chi connectivity index (χ1) is 16.1. The van der Waals surface area contributed by atoms with Crippen molar-refractivity contribution in [2.24, 2.45) is 0 Å². The Morgan fingerprint density at radius 1 is 1.03 bits per heavy atom. The Morgan fingerprint density at radius 2 is 1.82 bits per heavy atom. The van der Waals surface area contributed by atoms with Crippen LogP contribution in [-0.4, -0.2) is 40.6 Å². The molecule has 4 N–H and O–H groups in total. The molecule has 4 rings (SSSR count). The molecule has 8 heteroatoms. The molecule has 170 valence electrons. The molecule has 0 aliphatic heterocycles. The predicted octanol–water partition coefficient (Wildman–Crippen LogP) is 4.19. The molecular formula is C25H26N4O4. The number of fused-ring (bicyclic) bond motifs is 3. The van der Waals surface area contributed by atoms with Gasteiger partial charge in [0.15, 0.2) is 0 Å². The summed E-state index contributed by atoms with van der Waals surface area (Å²) in [5.74, 6) is 0.100. The van der Waals surface area contributed by atoms with Gasteiger partial charge in [0.05, 0.1) is 18.3 Å². The molecule has 8 nitrogen and oxygen atoms in total. The number of aromatic amines is 1. The number of carbonyl (C=O) groups excluding carboxylic acids is 2. The average molecular weight is 447 g/mol. The SMILES string of the molecule is COc1ccc(-c2nc(C(=O)NCCCCCC(=O)NO)cc3c2[nH]c2ccccc23)cc1. The van der Waals surface area contributed by atoms with E-state index in [0.717, 1.165) is 46.0 Å². The second kappa shape index (κ2) is 10.1. The van der Waals surface area contributed by atoms with Crippen LogP contribution < -0.4 is 15.5 Å². The van der Waals surface area contributed by atoms with Crippen LogP contribution in [0.2, 0.25) is 0 Å². The number of hydroxylamine groups is 1. The molecule has 33 heavy (non-hydrogen) atoms. The van der Waals surface area contributed by atoms with Crippen LogP contribution in [0.5, 0.6) is 5.75 Å². The first-order valence-corrected chi connectivity index (χ1v) is 10.9. The van der Waals surface area contributed by atoms with E-state index in [0.29, 0.717) is 24.4 Å². The number of hydrogen-bond acceptors (Lipinski definition) is 5. The van der Waals surface area contributed by atoms with Crippen molar-refractivity contribution in [2.75, 3.05) is 13.7 Å². The van der Waals surface area contributed by atoms with Crippen molar-refractivity contribution >= 4 is 33.6 Å². The summed E-state index contributed by atoms with van der Waals surface area (Å²) in [7, 11) is 1.62. The van der Waals surface area contributed by atoms with Crippen LogP contribution >= 0.6 is 0 Å². The van der Waals surface area contributed by atoms with Gasteiger partial charge < -0.3 is 15.0 Å². The highest BCUT2D eigenvalue weighted by Crippen LogP contribution is 2.33. The number of carbonyl (C=O) groups is 2. The average Bonchev–Trinajstić information content (AvgIpc) is 3.24. The molecule has 0 fully saturated rings. The molecule has 0 aliphatic rings. The number of unbranched alkanes of at least 4 members (excludes halogenated alkanes) is 2. The fourth-order valence-electron chi connectivity index (χ4n) is 3.86. The number of nitrogens with zero attached hydrogens (tertiary/aromatic N) is 1. The lowest BCUT2D eigenvalue weighted by molar-refractivity contribution is -0.129. The smallest absolute Gasteiger partial charge is 0.269 e. The van der Waals surface area contributed by atoms with Crippen molar-refractivity contribution in [1.82, 2.24) is 20.8 Å². The minimum atomic E-state index is -0.402. The maximum absolute atomic E-state index is 12.9. The number of amides is 2. The molecule has 0 saturated heterocycles. The Morgan fingerprint density at radius 3 is 2.58 bits per heavy atom. The molecular weight excluding hydrogens is 420 g/mol. The van der Waals surface area contributed by atoms with Gasteiger partial charge in [-0.25, -0.2) is 10.5 Å². The summed E-state index contributed by atoms with van der Waals surface area (Å²) in [5.41, 5.74) is 5.40. The second-order valence-corrected chi connectivity index (χ2v) is 7.78. The summed E-state index contributed by atoms with van der Waals surface area (Å²) in [6.45, 7) is 0.477. The standard InChI is InChI=1S/C25H26N4O4/c1-33-17-12-10-16(11-13-17)23-24-19(18-7-4-5-8-20(18)27-24)15-21(28-23)25(31)26-14-6-2-3-9-22(30)29-32/h4-5,7-8,10-13,15,27,32H,2-3,6,9,14H2,1H3,(H,26,31)(H,29,30). The van der Waals surface area contributed by atoms with Crippen LogP contribution in [0, 0.1) is 0 Å². The minimum absolute atomic E-state index is 0.245. The number of hydrogen-bond donors (Lipinski definition) is 4. The molecule has 2 aromatic carbocycles. The number of benzene rings is 2. The Hall–Kier alpha value is -3.91. The number of ether oxygens (including phenoxy) is 1. The molecule has 0 spiro atoms. The number of nitrogens with one attached hydrogen (secondary N) is 3. The van der Waals surface area contributed by atoms with Crippen molar-refractivity contribution < 1.29 is 19.5 Å². The Kier molecular flexibility index (Phi) is 6.85.